The molecule has 0 radical (unpaired) electrons. The lowest BCUT2D eigenvalue weighted by Crippen LogP contribution is -2.73. The summed E-state index contributed by atoms with van der Waals surface area (Å²) in [5, 5.41) is 2.64. The average molecular weight is 319 g/mol. The van der Waals surface area contributed by atoms with Gasteiger partial charge in [-0.1, -0.05) is 0 Å². The molecule has 1 aromatic heterocycles. The average Bonchev–Trinajstić information content (AvgIpc) is 2.51. The zero-order valence-corrected chi connectivity index (χ0v) is 13.6. The first kappa shape index (κ1) is 15.8. The van der Waals surface area contributed by atoms with Crippen LogP contribution in [0.4, 0.5) is 0 Å². The first-order chi connectivity index (χ1) is 10.9. The molecule has 23 heavy (non-hydrogen) atoms. The van der Waals surface area contributed by atoms with Gasteiger partial charge in [-0.3, -0.25) is 19.5 Å². The van der Waals surface area contributed by atoms with Crippen molar-refractivity contribution >= 4 is 11.8 Å². The summed E-state index contributed by atoms with van der Waals surface area (Å²) >= 11 is 0. The lowest BCUT2D eigenvalue weighted by molar-refractivity contribution is -0.187. The first-order valence-corrected chi connectivity index (χ1v) is 7.58. The Kier molecular flexibility index (Phi) is 4.03. The summed E-state index contributed by atoms with van der Waals surface area (Å²) < 4.78 is 5.91. The van der Waals surface area contributed by atoms with Gasteiger partial charge in [-0.05, 0) is 14.0 Å². The third kappa shape index (κ3) is 2.91. The number of amides is 2. The summed E-state index contributed by atoms with van der Waals surface area (Å²) in [6.45, 7) is 3.80. The number of morpholine rings is 1. The smallest absolute Gasteiger partial charge is 0.274 e. The van der Waals surface area contributed by atoms with Crippen LogP contribution in [0.15, 0.2) is 12.4 Å². The molecule has 1 atom stereocenters. The van der Waals surface area contributed by atoms with Gasteiger partial charge in [0.2, 0.25) is 5.91 Å². The van der Waals surface area contributed by atoms with Crippen LogP contribution in [0.1, 0.15) is 16.2 Å². The highest BCUT2D eigenvalue weighted by molar-refractivity contribution is 5.92. The van der Waals surface area contributed by atoms with Crippen LogP contribution in [-0.4, -0.2) is 83.6 Å². The molecule has 0 bridgehead atoms. The number of hydrogen-bond donors (Lipinski definition) is 1. The Morgan fingerprint density at radius 3 is 2.61 bits per heavy atom. The molecule has 0 aliphatic carbocycles. The molecule has 3 rings (SSSR count). The van der Waals surface area contributed by atoms with E-state index in [4.69, 9.17) is 4.74 Å². The van der Waals surface area contributed by atoms with Gasteiger partial charge in [-0.15, -0.1) is 0 Å². The van der Waals surface area contributed by atoms with Gasteiger partial charge in [0.15, 0.2) is 0 Å². The van der Waals surface area contributed by atoms with Crippen LogP contribution in [0.3, 0.4) is 0 Å². The van der Waals surface area contributed by atoms with Crippen LogP contribution in [0.5, 0.6) is 0 Å². The third-order valence-electron chi connectivity index (χ3n) is 4.41. The van der Waals surface area contributed by atoms with E-state index < -0.39 is 0 Å². The van der Waals surface area contributed by atoms with E-state index in [1.807, 2.05) is 18.9 Å². The molecule has 0 unspecified atom stereocenters. The first-order valence-electron chi connectivity index (χ1n) is 7.58. The summed E-state index contributed by atoms with van der Waals surface area (Å²) in [4.78, 5) is 36.0. The van der Waals surface area contributed by atoms with E-state index in [9.17, 15) is 9.59 Å². The maximum Gasteiger partial charge on any atom is 0.274 e. The Hall–Kier alpha value is -2.06. The predicted octanol–water partition coefficient (Wildman–Crippen LogP) is -0.944. The molecule has 124 valence electrons. The van der Waals surface area contributed by atoms with E-state index in [0.717, 1.165) is 5.69 Å². The SMILES string of the molecule is CNC(=O)[C@H]1COC2(CN(C(=O)c3cnc(C)cn3)C2)CN1C. The van der Waals surface area contributed by atoms with Crippen LogP contribution in [0.2, 0.25) is 0 Å². The van der Waals surface area contributed by atoms with Crippen molar-refractivity contribution < 1.29 is 14.3 Å². The maximum atomic E-state index is 12.4. The van der Waals surface area contributed by atoms with Crippen molar-refractivity contribution in [3.05, 3.63) is 23.8 Å². The van der Waals surface area contributed by atoms with Gasteiger partial charge in [0.1, 0.15) is 17.3 Å². The fourth-order valence-electron chi connectivity index (χ4n) is 3.09. The number of nitrogens with zero attached hydrogens (tertiary/aromatic N) is 4. The van der Waals surface area contributed by atoms with Gasteiger partial charge >= 0.3 is 0 Å². The van der Waals surface area contributed by atoms with Crippen molar-refractivity contribution in [3.63, 3.8) is 0 Å². The Bertz CT molecular complexity index is 612. The summed E-state index contributed by atoms with van der Waals surface area (Å²) in [6, 6.07) is -0.279. The van der Waals surface area contributed by atoms with Crippen molar-refractivity contribution in [2.24, 2.45) is 0 Å². The van der Waals surface area contributed by atoms with Gasteiger partial charge in [-0.25, -0.2) is 4.98 Å². The normalized spacial score (nSPS) is 23.4. The Morgan fingerprint density at radius 2 is 2.04 bits per heavy atom. The van der Waals surface area contributed by atoms with Crippen LogP contribution >= 0.6 is 0 Å². The molecular weight excluding hydrogens is 298 g/mol. The van der Waals surface area contributed by atoms with Gasteiger partial charge in [-0.2, -0.15) is 0 Å². The predicted molar refractivity (Wildman–Crippen MR) is 81.8 cm³/mol. The topological polar surface area (TPSA) is 87.7 Å². The summed E-state index contributed by atoms with van der Waals surface area (Å²) in [6.07, 6.45) is 3.08. The zero-order valence-electron chi connectivity index (χ0n) is 13.6. The lowest BCUT2D eigenvalue weighted by atomic mass is 9.90. The fourth-order valence-corrected chi connectivity index (χ4v) is 3.09. The number of nitrogens with one attached hydrogen (secondary N) is 1. The summed E-state index contributed by atoms with van der Waals surface area (Å²) in [7, 11) is 3.52. The van der Waals surface area contributed by atoms with E-state index in [0.29, 0.717) is 31.9 Å². The molecule has 1 N–H and O–H groups in total. The second-order valence-electron chi connectivity index (χ2n) is 6.24. The maximum absolute atomic E-state index is 12.4. The number of aryl methyl sites for hydroxylation is 1. The minimum absolute atomic E-state index is 0.0514. The number of carbonyl (C=O) groups is 2. The number of likely N-dealkylation sites (N-methyl/N-ethyl adjacent to an activating group) is 2. The second-order valence-corrected chi connectivity index (χ2v) is 6.24. The Labute approximate surface area is 134 Å². The van der Waals surface area contributed by atoms with Crippen molar-refractivity contribution in [1.82, 2.24) is 25.1 Å². The largest absolute Gasteiger partial charge is 0.368 e. The molecule has 2 saturated heterocycles. The molecule has 0 aromatic carbocycles. The van der Waals surface area contributed by atoms with E-state index in [-0.39, 0.29) is 23.5 Å². The van der Waals surface area contributed by atoms with Crippen molar-refractivity contribution in [2.75, 3.05) is 40.3 Å². The lowest BCUT2D eigenvalue weighted by Gasteiger charge is -2.54. The monoisotopic (exact) mass is 319 g/mol. The molecule has 1 aromatic rings. The van der Waals surface area contributed by atoms with Crippen LogP contribution < -0.4 is 5.32 Å². The van der Waals surface area contributed by atoms with Crippen molar-refractivity contribution in [1.29, 1.82) is 0 Å². The fraction of sp³-hybridized carbons (Fsp3) is 0.600. The minimum atomic E-state index is -0.382. The quantitative estimate of drug-likeness (QED) is 0.757. The van der Waals surface area contributed by atoms with E-state index in [2.05, 4.69) is 15.3 Å². The second kappa shape index (κ2) is 5.86. The van der Waals surface area contributed by atoms with Gasteiger partial charge in [0, 0.05) is 19.8 Å². The number of ether oxygens (including phenoxy) is 1. The summed E-state index contributed by atoms with van der Waals surface area (Å²) in [5.41, 5.74) is 0.740. The molecule has 0 saturated carbocycles. The highest BCUT2D eigenvalue weighted by atomic mass is 16.5. The Balaban J connectivity index is 1.59. The highest BCUT2D eigenvalue weighted by Crippen LogP contribution is 2.31. The molecule has 1 spiro atoms. The molecule has 8 nitrogen and oxygen atoms in total. The van der Waals surface area contributed by atoms with Crippen LogP contribution in [-0.2, 0) is 9.53 Å². The number of aromatic nitrogens is 2. The van der Waals surface area contributed by atoms with Crippen molar-refractivity contribution in [3.8, 4) is 0 Å². The standard InChI is InChI=1S/C15H21N5O3/c1-10-4-18-11(5-17-10)14(22)20-8-15(9-20)7-19(3)12(6-23-15)13(21)16-2/h4-5,12H,6-9H2,1-3H3,(H,16,21)/t12-/m1/s1. The zero-order chi connectivity index (χ0) is 16.6. The van der Waals surface area contributed by atoms with E-state index >= 15 is 0 Å². The van der Waals surface area contributed by atoms with Crippen LogP contribution in [0, 0.1) is 6.92 Å². The highest BCUT2D eigenvalue weighted by Gasteiger charge is 2.51. The summed E-state index contributed by atoms with van der Waals surface area (Å²) in [5.74, 6) is -0.188. The van der Waals surface area contributed by atoms with Crippen molar-refractivity contribution in [2.45, 2.75) is 18.6 Å². The van der Waals surface area contributed by atoms with Gasteiger partial charge in [0.25, 0.3) is 5.91 Å². The third-order valence-corrected chi connectivity index (χ3v) is 4.41. The number of carbonyl (C=O) groups excluding carboxylic acids is 2. The molecule has 2 amide bonds. The van der Waals surface area contributed by atoms with Crippen LogP contribution in [0.25, 0.3) is 0 Å². The van der Waals surface area contributed by atoms with E-state index in [1.165, 1.54) is 6.20 Å². The number of likely N-dealkylation sites (tertiary alicyclic amines) is 1. The molecule has 3 heterocycles. The number of hydrogen-bond acceptors (Lipinski definition) is 6. The van der Waals surface area contributed by atoms with E-state index in [1.54, 1.807) is 18.1 Å². The molecule has 8 heteroatoms. The molecule has 2 fully saturated rings. The molecule has 2 aliphatic rings. The Morgan fingerprint density at radius 1 is 1.30 bits per heavy atom. The van der Waals surface area contributed by atoms with Gasteiger partial charge in [0.05, 0.1) is 31.6 Å². The van der Waals surface area contributed by atoms with Gasteiger partial charge < -0.3 is 15.0 Å². The number of rotatable bonds is 2. The molecular formula is C15H21N5O3. The minimum Gasteiger partial charge on any atom is -0.368 e. The molecule has 2 aliphatic heterocycles.